The van der Waals surface area contributed by atoms with Gasteiger partial charge in [0.15, 0.2) is 0 Å². The summed E-state index contributed by atoms with van der Waals surface area (Å²) in [5, 5.41) is 10.2. The Hall–Kier alpha value is -0.190. The van der Waals surface area contributed by atoms with Crippen LogP contribution < -0.4 is 0 Å². The first-order valence-electron chi connectivity index (χ1n) is 5.30. The summed E-state index contributed by atoms with van der Waals surface area (Å²) in [5.41, 5.74) is 0. The van der Waals surface area contributed by atoms with E-state index in [1.165, 1.54) is 12.8 Å². The molecule has 0 radical (unpaired) electrons. The second-order valence-electron chi connectivity index (χ2n) is 3.84. The fourth-order valence-corrected chi connectivity index (χ4v) is 2.91. The smallest absolute Gasteiger partial charge is 0.132 e. The molecule has 2 rings (SSSR count). The van der Waals surface area contributed by atoms with Crippen molar-refractivity contribution >= 4 is 22.9 Å². The average Bonchev–Trinajstić information content (AvgIpc) is 2.62. The number of alkyl halides is 1. The van der Waals surface area contributed by atoms with Gasteiger partial charge in [0.05, 0.1) is 12.0 Å². The zero-order valence-corrected chi connectivity index (χ0v) is 10.4. The lowest BCUT2D eigenvalue weighted by Crippen LogP contribution is -2.32. The molecule has 5 heteroatoms. The number of rotatable bonds is 5. The van der Waals surface area contributed by atoms with Gasteiger partial charge in [-0.05, 0) is 25.7 Å². The zero-order chi connectivity index (χ0) is 10.7. The second kappa shape index (κ2) is 5.23. The van der Waals surface area contributed by atoms with E-state index in [1.807, 2.05) is 6.92 Å². The van der Waals surface area contributed by atoms with Crippen LogP contribution in [0.5, 0.6) is 0 Å². The predicted molar refractivity (Wildman–Crippen MR) is 61.3 cm³/mol. The van der Waals surface area contributed by atoms with Gasteiger partial charge in [-0.2, -0.15) is 0 Å². The van der Waals surface area contributed by atoms with Crippen molar-refractivity contribution in [3.8, 4) is 0 Å². The summed E-state index contributed by atoms with van der Waals surface area (Å²) in [7, 11) is 0. The van der Waals surface area contributed by atoms with E-state index in [-0.39, 0.29) is 0 Å². The summed E-state index contributed by atoms with van der Waals surface area (Å²) in [5.74, 6) is 1.21. The average molecular weight is 247 g/mol. The minimum Gasteiger partial charge on any atom is -0.378 e. The molecule has 0 bridgehead atoms. The third-order valence-corrected chi connectivity index (χ3v) is 4.04. The first-order valence-corrected chi connectivity index (χ1v) is 6.65. The topological polar surface area (TPSA) is 35.0 Å². The molecule has 15 heavy (non-hydrogen) atoms. The standard InChI is InChI=1S/C10H15ClN2OS/c1-2-14-8-3-7(4-8)5-9-12-13-10(6-11)15-9/h7-8H,2-6H2,1H3. The maximum Gasteiger partial charge on any atom is 0.132 e. The van der Waals surface area contributed by atoms with Crippen LogP contribution >= 0.6 is 22.9 Å². The summed E-state index contributed by atoms with van der Waals surface area (Å²) >= 11 is 7.31. The molecule has 1 aliphatic rings. The lowest BCUT2D eigenvalue weighted by Gasteiger charge is -2.34. The van der Waals surface area contributed by atoms with Crippen LogP contribution in [-0.4, -0.2) is 22.9 Å². The van der Waals surface area contributed by atoms with Crippen LogP contribution in [0.1, 0.15) is 29.8 Å². The summed E-state index contributed by atoms with van der Waals surface area (Å²) < 4.78 is 5.52. The molecule has 1 saturated carbocycles. The molecule has 0 unspecified atom stereocenters. The Morgan fingerprint density at radius 2 is 2.13 bits per heavy atom. The predicted octanol–water partition coefficient (Wildman–Crippen LogP) is 2.63. The molecule has 1 aromatic rings. The van der Waals surface area contributed by atoms with Gasteiger partial charge < -0.3 is 4.74 Å². The van der Waals surface area contributed by atoms with Crippen LogP contribution in [0.3, 0.4) is 0 Å². The van der Waals surface area contributed by atoms with Crippen LogP contribution in [0, 0.1) is 5.92 Å². The van der Waals surface area contributed by atoms with Crippen molar-refractivity contribution in [2.45, 2.75) is 38.2 Å². The van der Waals surface area contributed by atoms with Gasteiger partial charge in [-0.1, -0.05) is 0 Å². The Balaban J connectivity index is 1.75. The van der Waals surface area contributed by atoms with Gasteiger partial charge in [-0.25, -0.2) is 0 Å². The normalized spacial score (nSPS) is 25.2. The Labute approximate surface area is 98.8 Å². The lowest BCUT2D eigenvalue weighted by atomic mass is 9.80. The molecule has 3 nitrogen and oxygen atoms in total. The van der Waals surface area contributed by atoms with E-state index < -0.39 is 0 Å². The van der Waals surface area contributed by atoms with Crippen molar-refractivity contribution in [1.82, 2.24) is 10.2 Å². The Morgan fingerprint density at radius 1 is 1.40 bits per heavy atom. The molecule has 1 heterocycles. The van der Waals surface area contributed by atoms with E-state index >= 15 is 0 Å². The highest BCUT2D eigenvalue weighted by molar-refractivity contribution is 7.11. The van der Waals surface area contributed by atoms with Crippen molar-refractivity contribution in [2.24, 2.45) is 5.92 Å². The third kappa shape index (κ3) is 2.89. The molecular formula is C10H15ClN2OS. The quantitative estimate of drug-likeness (QED) is 0.750. The van der Waals surface area contributed by atoms with Crippen LogP contribution in [0.25, 0.3) is 0 Å². The lowest BCUT2D eigenvalue weighted by molar-refractivity contribution is -0.0240. The first-order chi connectivity index (χ1) is 7.31. The number of nitrogens with zero attached hydrogens (tertiary/aromatic N) is 2. The van der Waals surface area contributed by atoms with Crippen molar-refractivity contribution in [1.29, 1.82) is 0 Å². The number of aromatic nitrogens is 2. The van der Waals surface area contributed by atoms with E-state index in [0.29, 0.717) is 12.0 Å². The van der Waals surface area contributed by atoms with Crippen LogP contribution in [0.15, 0.2) is 0 Å². The highest BCUT2D eigenvalue weighted by Crippen LogP contribution is 2.33. The molecular weight excluding hydrogens is 232 g/mol. The second-order valence-corrected chi connectivity index (χ2v) is 5.26. The van der Waals surface area contributed by atoms with Crippen molar-refractivity contribution in [2.75, 3.05) is 6.61 Å². The summed E-state index contributed by atoms with van der Waals surface area (Å²) in [6.07, 6.45) is 3.87. The van der Waals surface area contributed by atoms with Gasteiger partial charge in [-0.15, -0.1) is 33.1 Å². The molecule has 0 N–H and O–H groups in total. The summed E-state index contributed by atoms with van der Waals surface area (Å²) in [6, 6.07) is 0. The highest BCUT2D eigenvalue weighted by atomic mass is 35.5. The molecule has 0 aromatic carbocycles. The number of ether oxygens (including phenoxy) is 1. The van der Waals surface area contributed by atoms with E-state index in [9.17, 15) is 0 Å². The van der Waals surface area contributed by atoms with Gasteiger partial charge in [-0.3, -0.25) is 0 Å². The molecule has 1 fully saturated rings. The van der Waals surface area contributed by atoms with Crippen LogP contribution in [0.2, 0.25) is 0 Å². The van der Waals surface area contributed by atoms with Gasteiger partial charge >= 0.3 is 0 Å². The third-order valence-electron chi connectivity index (χ3n) is 2.68. The van der Waals surface area contributed by atoms with Crippen LogP contribution in [0.4, 0.5) is 0 Å². The molecule has 0 amide bonds. The van der Waals surface area contributed by atoms with Gasteiger partial charge in [0.25, 0.3) is 0 Å². The minimum atomic E-state index is 0.476. The Kier molecular flexibility index (Phi) is 3.94. The molecule has 0 atom stereocenters. The fraction of sp³-hybridized carbons (Fsp3) is 0.800. The van der Waals surface area contributed by atoms with Gasteiger partial charge in [0.1, 0.15) is 10.0 Å². The zero-order valence-electron chi connectivity index (χ0n) is 8.78. The molecule has 0 aliphatic heterocycles. The van der Waals surface area contributed by atoms with Gasteiger partial charge in [0.2, 0.25) is 0 Å². The van der Waals surface area contributed by atoms with E-state index in [1.54, 1.807) is 11.3 Å². The Morgan fingerprint density at radius 3 is 2.73 bits per heavy atom. The monoisotopic (exact) mass is 246 g/mol. The summed E-state index contributed by atoms with van der Waals surface area (Å²) in [4.78, 5) is 0. The van der Waals surface area contributed by atoms with E-state index in [0.717, 1.165) is 29.0 Å². The van der Waals surface area contributed by atoms with Gasteiger partial charge in [0, 0.05) is 13.0 Å². The highest BCUT2D eigenvalue weighted by Gasteiger charge is 2.30. The Bertz CT molecular complexity index is 312. The molecule has 1 aliphatic carbocycles. The van der Waals surface area contributed by atoms with E-state index in [2.05, 4.69) is 10.2 Å². The largest absolute Gasteiger partial charge is 0.378 e. The number of halogens is 1. The van der Waals surface area contributed by atoms with Crippen molar-refractivity contribution in [3.63, 3.8) is 0 Å². The van der Waals surface area contributed by atoms with Crippen molar-refractivity contribution in [3.05, 3.63) is 10.0 Å². The first kappa shape index (κ1) is 11.3. The SMILES string of the molecule is CCOC1CC(Cc2nnc(CCl)s2)C1. The van der Waals surface area contributed by atoms with Crippen LogP contribution in [-0.2, 0) is 17.0 Å². The minimum absolute atomic E-state index is 0.476. The number of hydrogen-bond acceptors (Lipinski definition) is 4. The maximum atomic E-state index is 5.68. The molecule has 0 saturated heterocycles. The van der Waals surface area contributed by atoms with Crippen molar-refractivity contribution < 1.29 is 4.74 Å². The van der Waals surface area contributed by atoms with E-state index in [4.69, 9.17) is 16.3 Å². The summed E-state index contributed by atoms with van der Waals surface area (Å²) in [6.45, 7) is 2.87. The maximum absolute atomic E-state index is 5.68. The number of hydrogen-bond donors (Lipinski definition) is 0. The molecule has 1 aromatic heterocycles. The fourth-order valence-electron chi connectivity index (χ4n) is 1.88. The molecule has 0 spiro atoms. The molecule has 84 valence electrons.